The van der Waals surface area contributed by atoms with Gasteiger partial charge in [-0.25, -0.2) is 0 Å². The van der Waals surface area contributed by atoms with Gasteiger partial charge in [-0.1, -0.05) is 47.5 Å². The first kappa shape index (κ1) is 18.1. The third-order valence-corrected chi connectivity index (χ3v) is 5.63. The van der Waals surface area contributed by atoms with Crippen LogP contribution in [0, 0.1) is 0 Å². The van der Waals surface area contributed by atoms with Gasteiger partial charge in [0.2, 0.25) is 5.91 Å². The standard InChI is InChI=1S/C20H21Cl2NO2/c1-25-17-8-5-14(6-9-17)16-11-12-23(13-16)19(24)10-7-15-3-2-4-18(21)20(15)22/h2-6,8-9,16H,7,10-13H2,1H3. The quantitative estimate of drug-likeness (QED) is 0.737. The van der Waals surface area contributed by atoms with Gasteiger partial charge in [-0.2, -0.15) is 0 Å². The molecule has 1 fully saturated rings. The highest BCUT2D eigenvalue weighted by atomic mass is 35.5. The van der Waals surface area contributed by atoms with Gasteiger partial charge in [0.1, 0.15) is 5.75 Å². The topological polar surface area (TPSA) is 29.5 Å². The van der Waals surface area contributed by atoms with Crippen LogP contribution >= 0.6 is 23.2 Å². The minimum atomic E-state index is 0.173. The molecule has 1 atom stereocenters. The highest BCUT2D eigenvalue weighted by molar-refractivity contribution is 6.42. The van der Waals surface area contributed by atoms with E-state index in [1.54, 1.807) is 13.2 Å². The predicted octanol–water partition coefficient (Wildman–Crippen LogP) is 4.95. The van der Waals surface area contributed by atoms with Crippen molar-refractivity contribution in [3.8, 4) is 5.75 Å². The second-order valence-corrected chi connectivity index (χ2v) is 7.10. The van der Waals surface area contributed by atoms with Crippen LogP contribution in [0.2, 0.25) is 10.0 Å². The molecule has 132 valence electrons. The van der Waals surface area contributed by atoms with E-state index in [2.05, 4.69) is 12.1 Å². The molecule has 0 radical (unpaired) electrons. The number of amides is 1. The van der Waals surface area contributed by atoms with Crippen molar-refractivity contribution in [1.29, 1.82) is 0 Å². The summed E-state index contributed by atoms with van der Waals surface area (Å²) >= 11 is 12.2. The average molecular weight is 378 g/mol. The molecular formula is C20H21Cl2NO2. The molecule has 1 aliphatic rings. The lowest BCUT2D eigenvalue weighted by molar-refractivity contribution is -0.130. The number of carbonyl (C=O) groups is 1. The lowest BCUT2D eigenvalue weighted by Gasteiger charge is -2.17. The summed E-state index contributed by atoms with van der Waals surface area (Å²) in [5.74, 6) is 1.42. The summed E-state index contributed by atoms with van der Waals surface area (Å²) in [6.45, 7) is 1.58. The number of methoxy groups -OCH3 is 1. The number of rotatable bonds is 5. The van der Waals surface area contributed by atoms with Crippen molar-refractivity contribution in [2.24, 2.45) is 0 Å². The van der Waals surface area contributed by atoms with Crippen LogP contribution in [0.25, 0.3) is 0 Å². The van der Waals surface area contributed by atoms with Crippen molar-refractivity contribution in [2.75, 3.05) is 20.2 Å². The molecule has 2 aromatic rings. The van der Waals surface area contributed by atoms with Gasteiger partial charge in [0.05, 0.1) is 17.2 Å². The van der Waals surface area contributed by atoms with Crippen LogP contribution in [0.15, 0.2) is 42.5 Å². The number of hydrogen-bond donors (Lipinski definition) is 0. The molecule has 0 bridgehead atoms. The Bertz CT molecular complexity index is 746. The van der Waals surface area contributed by atoms with Crippen molar-refractivity contribution in [2.45, 2.75) is 25.2 Å². The van der Waals surface area contributed by atoms with Gasteiger partial charge in [-0.3, -0.25) is 4.79 Å². The Morgan fingerprint density at radius 2 is 1.96 bits per heavy atom. The summed E-state index contributed by atoms with van der Waals surface area (Å²) in [4.78, 5) is 14.5. The predicted molar refractivity (Wildman–Crippen MR) is 102 cm³/mol. The molecule has 1 saturated heterocycles. The highest BCUT2D eigenvalue weighted by Crippen LogP contribution is 2.30. The first-order chi connectivity index (χ1) is 12.1. The summed E-state index contributed by atoms with van der Waals surface area (Å²) in [6, 6.07) is 13.7. The Kier molecular flexibility index (Phi) is 5.87. The van der Waals surface area contributed by atoms with Gasteiger partial charge < -0.3 is 9.64 Å². The number of likely N-dealkylation sites (tertiary alicyclic amines) is 1. The first-order valence-electron chi connectivity index (χ1n) is 8.43. The number of carbonyl (C=O) groups excluding carboxylic acids is 1. The number of ether oxygens (including phenoxy) is 1. The van der Waals surface area contributed by atoms with E-state index in [9.17, 15) is 4.79 Å². The van der Waals surface area contributed by atoms with Crippen LogP contribution in [0.3, 0.4) is 0 Å². The molecule has 0 aromatic heterocycles. The van der Waals surface area contributed by atoms with Crippen molar-refractivity contribution in [3.63, 3.8) is 0 Å². The molecule has 1 amide bonds. The zero-order valence-electron chi connectivity index (χ0n) is 14.2. The van der Waals surface area contributed by atoms with Crippen LogP contribution in [0.4, 0.5) is 0 Å². The fraction of sp³-hybridized carbons (Fsp3) is 0.350. The first-order valence-corrected chi connectivity index (χ1v) is 9.18. The van der Waals surface area contributed by atoms with Crippen molar-refractivity contribution < 1.29 is 9.53 Å². The molecule has 5 heteroatoms. The number of hydrogen-bond acceptors (Lipinski definition) is 2. The molecule has 0 aliphatic carbocycles. The zero-order chi connectivity index (χ0) is 17.8. The number of nitrogens with zero attached hydrogens (tertiary/aromatic N) is 1. The molecule has 0 saturated carbocycles. The molecule has 3 rings (SSSR count). The minimum Gasteiger partial charge on any atom is -0.497 e. The van der Waals surface area contributed by atoms with Gasteiger partial charge in [0.25, 0.3) is 0 Å². The van der Waals surface area contributed by atoms with E-state index in [0.717, 1.165) is 30.8 Å². The fourth-order valence-electron chi connectivity index (χ4n) is 3.28. The van der Waals surface area contributed by atoms with E-state index in [4.69, 9.17) is 27.9 Å². The Hall–Kier alpha value is -1.71. The lowest BCUT2D eigenvalue weighted by Crippen LogP contribution is -2.28. The molecule has 0 spiro atoms. The molecule has 1 unspecified atom stereocenters. The average Bonchev–Trinajstić information content (AvgIpc) is 3.13. The Balaban J connectivity index is 1.56. The number of aryl methyl sites for hydroxylation is 1. The summed E-state index contributed by atoms with van der Waals surface area (Å²) < 4.78 is 5.20. The minimum absolute atomic E-state index is 0.173. The highest BCUT2D eigenvalue weighted by Gasteiger charge is 2.27. The molecule has 1 heterocycles. The number of halogens is 2. The molecule has 25 heavy (non-hydrogen) atoms. The molecule has 1 aliphatic heterocycles. The Labute approximate surface area is 158 Å². The lowest BCUT2D eigenvalue weighted by atomic mass is 9.98. The largest absolute Gasteiger partial charge is 0.497 e. The Morgan fingerprint density at radius 1 is 1.20 bits per heavy atom. The van der Waals surface area contributed by atoms with E-state index in [1.807, 2.05) is 29.2 Å². The van der Waals surface area contributed by atoms with Crippen molar-refractivity contribution in [1.82, 2.24) is 4.90 Å². The van der Waals surface area contributed by atoms with Crippen molar-refractivity contribution in [3.05, 3.63) is 63.6 Å². The monoisotopic (exact) mass is 377 g/mol. The molecule has 0 N–H and O–H groups in total. The summed E-state index contributed by atoms with van der Waals surface area (Å²) in [7, 11) is 1.66. The smallest absolute Gasteiger partial charge is 0.222 e. The van der Waals surface area contributed by atoms with E-state index in [-0.39, 0.29) is 5.91 Å². The van der Waals surface area contributed by atoms with Crippen LogP contribution in [0.5, 0.6) is 5.75 Å². The second kappa shape index (κ2) is 8.11. The third-order valence-electron chi connectivity index (χ3n) is 4.77. The zero-order valence-corrected chi connectivity index (χ0v) is 15.7. The van der Waals surface area contributed by atoms with Gasteiger partial charge >= 0.3 is 0 Å². The summed E-state index contributed by atoms with van der Waals surface area (Å²) in [5, 5.41) is 1.09. The maximum atomic E-state index is 12.5. The maximum Gasteiger partial charge on any atom is 0.222 e. The van der Waals surface area contributed by atoms with E-state index in [1.165, 1.54) is 5.56 Å². The van der Waals surface area contributed by atoms with Crippen LogP contribution < -0.4 is 4.74 Å². The maximum absolute atomic E-state index is 12.5. The Morgan fingerprint density at radius 3 is 2.68 bits per heavy atom. The second-order valence-electron chi connectivity index (χ2n) is 6.31. The van der Waals surface area contributed by atoms with Crippen molar-refractivity contribution >= 4 is 29.1 Å². The van der Waals surface area contributed by atoms with Crippen LogP contribution in [0.1, 0.15) is 29.9 Å². The van der Waals surface area contributed by atoms with Gasteiger partial charge in [-0.05, 0) is 42.2 Å². The van der Waals surface area contributed by atoms with E-state index < -0.39 is 0 Å². The normalized spacial score (nSPS) is 16.9. The SMILES string of the molecule is COc1ccc(C2CCN(C(=O)CCc3cccc(Cl)c3Cl)C2)cc1. The van der Waals surface area contributed by atoms with Gasteiger partial charge in [0, 0.05) is 25.4 Å². The summed E-state index contributed by atoms with van der Waals surface area (Å²) in [6.07, 6.45) is 2.06. The third kappa shape index (κ3) is 4.28. The molecule has 2 aromatic carbocycles. The van der Waals surface area contributed by atoms with Gasteiger partial charge in [-0.15, -0.1) is 0 Å². The van der Waals surface area contributed by atoms with Crippen LogP contribution in [-0.4, -0.2) is 31.0 Å². The fourth-order valence-corrected chi connectivity index (χ4v) is 3.69. The molecular weight excluding hydrogens is 357 g/mol. The van der Waals surface area contributed by atoms with Gasteiger partial charge in [0.15, 0.2) is 0 Å². The number of benzene rings is 2. The molecule has 3 nitrogen and oxygen atoms in total. The van der Waals surface area contributed by atoms with Crippen LogP contribution in [-0.2, 0) is 11.2 Å². The summed E-state index contributed by atoms with van der Waals surface area (Å²) in [5.41, 5.74) is 2.18. The van der Waals surface area contributed by atoms with E-state index in [0.29, 0.717) is 28.8 Å². The van der Waals surface area contributed by atoms with E-state index >= 15 is 0 Å².